The molecule has 6 heteroatoms. The maximum Gasteiger partial charge on any atom is 0.304 e. The minimum atomic E-state index is -1.00. The van der Waals surface area contributed by atoms with Gasteiger partial charge in [0.2, 0.25) is 19.5 Å². The van der Waals surface area contributed by atoms with Crippen molar-refractivity contribution in [2.24, 2.45) is 0 Å². The van der Waals surface area contributed by atoms with Crippen molar-refractivity contribution in [3.8, 4) is 0 Å². The van der Waals surface area contributed by atoms with Crippen LogP contribution < -0.4 is 0 Å². The van der Waals surface area contributed by atoms with Gasteiger partial charge in [-0.15, -0.1) is 0 Å². The van der Waals surface area contributed by atoms with Gasteiger partial charge in [-0.25, -0.2) is 0 Å². The number of carbonyl (C=O) groups is 2. The molecule has 0 aromatic heterocycles. The summed E-state index contributed by atoms with van der Waals surface area (Å²) >= 11 is 0. The molecule has 0 aliphatic rings. The Morgan fingerprint density at radius 3 is 1.03 bits per heavy atom. The Bertz CT molecular complexity index is 1060. The van der Waals surface area contributed by atoms with E-state index in [1.807, 2.05) is 121 Å². The van der Waals surface area contributed by atoms with Gasteiger partial charge in [0.25, 0.3) is 0 Å². The van der Waals surface area contributed by atoms with E-state index in [1.165, 1.54) is 0 Å². The zero-order valence-electron chi connectivity index (χ0n) is 20.9. The topological polar surface area (TPSA) is 52.6 Å². The first-order chi connectivity index (χ1) is 18.2. The molecular weight excluding hydrogens is 493 g/mol. The molecule has 0 unspecified atom stereocenters. The van der Waals surface area contributed by atoms with E-state index in [-0.39, 0.29) is 11.9 Å². The Balaban J connectivity index is 1.24. The van der Waals surface area contributed by atoms with Gasteiger partial charge in [-0.05, 0) is 34.3 Å². The van der Waals surface area contributed by atoms with E-state index in [9.17, 15) is 9.59 Å². The third kappa shape index (κ3) is 7.62. The normalized spacial score (nSPS) is 11.5. The summed E-state index contributed by atoms with van der Waals surface area (Å²) in [4.78, 5) is 26.0. The second-order valence-electron chi connectivity index (χ2n) is 8.90. The second-order valence-corrected chi connectivity index (χ2v) is 11.7. The van der Waals surface area contributed by atoms with Crippen molar-refractivity contribution in [2.75, 3.05) is 0 Å². The zero-order chi connectivity index (χ0) is 25.7. The smallest absolute Gasteiger partial charge is 0.304 e. The Kier molecular flexibility index (Phi) is 10.0. The molecule has 0 spiro atoms. The third-order valence-electron chi connectivity index (χ3n) is 6.28. The van der Waals surface area contributed by atoms with Gasteiger partial charge in [0, 0.05) is 0 Å². The lowest BCUT2D eigenvalue weighted by Crippen LogP contribution is -2.20. The maximum atomic E-state index is 13.0. The van der Waals surface area contributed by atoms with E-state index in [4.69, 9.17) is 8.85 Å². The van der Waals surface area contributed by atoms with Crippen LogP contribution in [0.25, 0.3) is 0 Å². The average Bonchev–Trinajstić information content (AvgIpc) is 2.95. The first-order valence-electron chi connectivity index (χ1n) is 12.8. The summed E-state index contributed by atoms with van der Waals surface area (Å²) in [6.45, 7) is 0. The maximum absolute atomic E-state index is 13.0. The van der Waals surface area contributed by atoms with Crippen molar-refractivity contribution in [1.29, 1.82) is 0 Å². The van der Waals surface area contributed by atoms with Crippen molar-refractivity contribution in [2.45, 2.75) is 30.3 Å². The fourth-order valence-electron chi connectivity index (χ4n) is 4.40. The minimum absolute atomic E-state index is 0.179. The fourth-order valence-corrected chi connectivity index (χ4v) is 7.25. The van der Waals surface area contributed by atoms with E-state index in [2.05, 4.69) is 0 Å². The van der Waals surface area contributed by atoms with Gasteiger partial charge >= 0.3 is 11.9 Å². The van der Waals surface area contributed by atoms with Gasteiger partial charge in [0.15, 0.2) is 0 Å². The van der Waals surface area contributed by atoms with Crippen LogP contribution in [0, 0.1) is 0 Å². The van der Waals surface area contributed by atoms with Crippen LogP contribution in [0.3, 0.4) is 0 Å². The second kappa shape index (κ2) is 14.1. The summed E-state index contributed by atoms with van der Waals surface area (Å²) in [5.41, 5.74) is 3.77. The lowest BCUT2D eigenvalue weighted by Gasteiger charge is -2.18. The van der Waals surface area contributed by atoms with E-state index in [0.717, 1.165) is 40.8 Å². The molecule has 0 bridgehead atoms. The molecule has 0 aliphatic heterocycles. The zero-order valence-corrected chi connectivity index (χ0v) is 23.7. The molecule has 4 aromatic carbocycles. The van der Waals surface area contributed by atoms with E-state index < -0.39 is 31.4 Å². The summed E-state index contributed by atoms with van der Waals surface area (Å²) in [5, 5.41) is 0. The standard InChI is InChI=1S/C31H32O4Si2/c32-30(28(24-14-5-1-6-15-24)25-16-7-2-8-17-25)34-36-22-13-23-37-35-31(33)29(26-18-9-3-10-19-26)27-20-11-4-12-21-27/h1-12,14-21,28-29H,13,22-23,36-37H2. The molecule has 0 amide bonds. The average molecular weight is 525 g/mol. The molecule has 0 aliphatic carbocycles. The van der Waals surface area contributed by atoms with E-state index in [0.29, 0.717) is 0 Å². The third-order valence-corrected chi connectivity index (χ3v) is 8.83. The molecule has 188 valence electrons. The Morgan fingerprint density at radius 1 is 0.486 bits per heavy atom. The molecule has 0 saturated carbocycles. The SMILES string of the molecule is O=C(O[SiH2]CCC[SiH2]OC(=O)C(c1ccccc1)c1ccccc1)C(c1ccccc1)c1ccccc1. The molecule has 37 heavy (non-hydrogen) atoms. The van der Waals surface area contributed by atoms with Crippen molar-refractivity contribution in [3.05, 3.63) is 144 Å². The summed E-state index contributed by atoms with van der Waals surface area (Å²) in [7, 11) is -2.01. The van der Waals surface area contributed by atoms with Gasteiger partial charge in [0.1, 0.15) is 11.8 Å². The van der Waals surface area contributed by atoms with Gasteiger partial charge in [0.05, 0.1) is 0 Å². The van der Waals surface area contributed by atoms with Crippen LogP contribution in [0.2, 0.25) is 12.1 Å². The predicted molar refractivity (Wildman–Crippen MR) is 153 cm³/mol. The van der Waals surface area contributed by atoms with Crippen molar-refractivity contribution in [3.63, 3.8) is 0 Å². The van der Waals surface area contributed by atoms with E-state index >= 15 is 0 Å². The van der Waals surface area contributed by atoms with Crippen LogP contribution >= 0.6 is 0 Å². The minimum Gasteiger partial charge on any atom is -0.524 e. The molecule has 4 aromatic rings. The first-order valence-corrected chi connectivity index (χ1v) is 15.9. The highest BCUT2D eigenvalue weighted by Gasteiger charge is 2.24. The summed E-state index contributed by atoms with van der Waals surface area (Å²) in [6, 6.07) is 40.9. The molecule has 0 N–H and O–H groups in total. The highest BCUT2D eigenvalue weighted by Crippen LogP contribution is 2.27. The molecule has 0 radical (unpaired) electrons. The lowest BCUT2D eigenvalue weighted by molar-refractivity contribution is -0.136. The van der Waals surface area contributed by atoms with Crippen LogP contribution in [-0.2, 0) is 18.4 Å². The van der Waals surface area contributed by atoms with Crippen LogP contribution in [0.4, 0.5) is 0 Å². The molecule has 0 heterocycles. The summed E-state index contributed by atoms with van der Waals surface area (Å²) in [6.07, 6.45) is 0.918. The molecule has 0 atom stereocenters. The van der Waals surface area contributed by atoms with Crippen LogP contribution in [0.5, 0.6) is 0 Å². The van der Waals surface area contributed by atoms with Crippen LogP contribution in [-0.4, -0.2) is 31.5 Å². The molecule has 4 nitrogen and oxygen atoms in total. The monoisotopic (exact) mass is 524 g/mol. The Morgan fingerprint density at radius 2 is 0.757 bits per heavy atom. The largest absolute Gasteiger partial charge is 0.524 e. The number of carbonyl (C=O) groups excluding carboxylic acids is 2. The molecule has 0 fully saturated rings. The highest BCUT2D eigenvalue weighted by atomic mass is 28.2. The van der Waals surface area contributed by atoms with E-state index in [1.54, 1.807) is 0 Å². The number of benzene rings is 4. The van der Waals surface area contributed by atoms with Crippen molar-refractivity contribution >= 4 is 31.5 Å². The number of rotatable bonds is 12. The van der Waals surface area contributed by atoms with Crippen LogP contribution in [0.1, 0.15) is 40.5 Å². The number of hydrogen-bond acceptors (Lipinski definition) is 4. The molecule has 4 rings (SSSR count). The fraction of sp³-hybridized carbons (Fsp3) is 0.161. The summed E-state index contributed by atoms with van der Waals surface area (Å²) < 4.78 is 11.6. The molecule has 0 saturated heterocycles. The lowest BCUT2D eigenvalue weighted by atomic mass is 9.91. The summed E-state index contributed by atoms with van der Waals surface area (Å²) in [5.74, 6) is -1.17. The number of hydrogen-bond donors (Lipinski definition) is 0. The van der Waals surface area contributed by atoms with Gasteiger partial charge < -0.3 is 8.85 Å². The van der Waals surface area contributed by atoms with Crippen molar-refractivity contribution in [1.82, 2.24) is 0 Å². The Hall–Kier alpha value is -3.75. The predicted octanol–water partition coefficient (Wildman–Crippen LogP) is 5.13. The van der Waals surface area contributed by atoms with Crippen LogP contribution in [0.15, 0.2) is 121 Å². The quantitative estimate of drug-likeness (QED) is 0.190. The van der Waals surface area contributed by atoms with Gasteiger partial charge in [-0.1, -0.05) is 128 Å². The first kappa shape index (κ1) is 26.3. The Labute approximate surface area is 223 Å². The molecular formula is C31H32O4Si2. The van der Waals surface area contributed by atoms with Gasteiger partial charge in [-0.2, -0.15) is 0 Å². The van der Waals surface area contributed by atoms with Gasteiger partial charge in [-0.3, -0.25) is 9.59 Å². The van der Waals surface area contributed by atoms with Crippen molar-refractivity contribution < 1.29 is 18.4 Å². The highest BCUT2D eigenvalue weighted by molar-refractivity contribution is 6.33.